The molecule has 0 atom stereocenters. The summed E-state index contributed by atoms with van der Waals surface area (Å²) in [6, 6.07) is 18.0. The summed E-state index contributed by atoms with van der Waals surface area (Å²) >= 11 is 18.4. The molecule has 0 amide bonds. The quantitative estimate of drug-likeness (QED) is 0.243. The third-order valence-electron chi connectivity index (χ3n) is 4.43. The Morgan fingerprint density at radius 3 is 1.88 bits per heavy atom. The summed E-state index contributed by atoms with van der Waals surface area (Å²) in [6.45, 7) is 11.8. The van der Waals surface area contributed by atoms with Crippen molar-refractivity contribution in [3.63, 3.8) is 0 Å². The van der Waals surface area contributed by atoms with Crippen molar-refractivity contribution in [1.82, 2.24) is 4.57 Å². The summed E-state index contributed by atoms with van der Waals surface area (Å²) in [6.07, 6.45) is 0. The van der Waals surface area contributed by atoms with Crippen LogP contribution in [0.5, 0.6) is 0 Å². The van der Waals surface area contributed by atoms with Crippen molar-refractivity contribution in [2.45, 2.75) is 34.2 Å². The Morgan fingerprint density at radius 1 is 0.727 bits per heavy atom. The van der Waals surface area contributed by atoms with E-state index in [-0.39, 0.29) is 0 Å². The van der Waals surface area contributed by atoms with Gasteiger partial charge in [-0.2, -0.15) is 0 Å². The van der Waals surface area contributed by atoms with E-state index in [1.807, 2.05) is 64.1 Å². The predicted octanol–water partition coefficient (Wildman–Crippen LogP) is 8.27. The molecular formula is C26H35Cl3N4. The maximum atomic E-state index is 6.20. The zero-order valence-corrected chi connectivity index (χ0v) is 22.3. The molecule has 0 fully saturated rings. The van der Waals surface area contributed by atoms with Crippen LogP contribution in [0.2, 0.25) is 15.1 Å². The second kappa shape index (κ2) is 16.5. The monoisotopic (exact) mass is 508 g/mol. The lowest BCUT2D eigenvalue weighted by Gasteiger charge is -2.08. The van der Waals surface area contributed by atoms with Gasteiger partial charge in [-0.05, 0) is 61.3 Å². The molecule has 0 bridgehead atoms. The second-order valence-electron chi connectivity index (χ2n) is 5.96. The normalized spacial score (nSPS) is 9.39. The average Bonchev–Trinajstić information content (AvgIpc) is 3.18. The smallest absolute Gasteiger partial charge is 0.0598 e. The Hall–Kier alpha value is -2.08. The van der Waals surface area contributed by atoms with E-state index in [4.69, 9.17) is 45.9 Å². The lowest BCUT2D eigenvalue weighted by atomic mass is 10.0. The fourth-order valence-electron chi connectivity index (χ4n) is 3.30. The van der Waals surface area contributed by atoms with Gasteiger partial charge in [-0.25, -0.2) is 0 Å². The van der Waals surface area contributed by atoms with Crippen molar-refractivity contribution in [3.05, 3.63) is 69.7 Å². The summed E-state index contributed by atoms with van der Waals surface area (Å²) in [7, 11) is 1.50. The molecule has 4 nitrogen and oxygen atoms in total. The van der Waals surface area contributed by atoms with Gasteiger partial charge >= 0.3 is 0 Å². The van der Waals surface area contributed by atoms with Crippen LogP contribution in [0.1, 0.15) is 27.7 Å². The van der Waals surface area contributed by atoms with Crippen molar-refractivity contribution in [1.29, 1.82) is 5.41 Å². The van der Waals surface area contributed by atoms with Gasteiger partial charge in [0.15, 0.2) is 0 Å². The van der Waals surface area contributed by atoms with E-state index in [9.17, 15) is 0 Å². The molecule has 0 saturated heterocycles. The van der Waals surface area contributed by atoms with Crippen molar-refractivity contribution in [3.8, 4) is 11.1 Å². The number of nitrogens with two attached hydrogens (primary N) is 2. The minimum absolute atomic E-state index is 0.550. The minimum Gasteiger partial charge on any atom is -0.339 e. The molecular weight excluding hydrogens is 475 g/mol. The number of hydrogen-bond donors (Lipinski definition) is 3. The molecule has 0 spiro atoms. The Morgan fingerprint density at radius 2 is 1.30 bits per heavy atom. The van der Waals surface area contributed by atoms with Gasteiger partial charge in [0.2, 0.25) is 0 Å². The Labute approximate surface area is 212 Å². The average molecular weight is 510 g/mol. The van der Waals surface area contributed by atoms with Crippen LogP contribution >= 0.6 is 34.8 Å². The number of fused-ring (bicyclic) bond motifs is 3. The largest absolute Gasteiger partial charge is 0.339 e. The topological polar surface area (TPSA) is 80.8 Å². The number of benzene rings is 3. The van der Waals surface area contributed by atoms with E-state index in [1.54, 1.807) is 0 Å². The van der Waals surface area contributed by atoms with Crippen LogP contribution in [0.4, 0.5) is 0 Å². The van der Waals surface area contributed by atoms with E-state index < -0.39 is 0 Å². The van der Waals surface area contributed by atoms with Gasteiger partial charge in [0.1, 0.15) is 0 Å². The molecule has 0 unspecified atom stereocenters. The van der Waals surface area contributed by atoms with E-state index >= 15 is 0 Å². The molecule has 0 aliphatic carbocycles. The molecule has 5 N–H and O–H groups in total. The van der Waals surface area contributed by atoms with E-state index in [0.29, 0.717) is 16.6 Å². The second-order valence-corrected chi connectivity index (χ2v) is 7.21. The molecule has 4 rings (SSSR count). The fraction of sp³-hybridized carbons (Fsp3) is 0.269. The first-order valence-electron chi connectivity index (χ1n) is 10.9. The first-order chi connectivity index (χ1) is 16.1. The van der Waals surface area contributed by atoms with Crippen LogP contribution < -0.4 is 11.5 Å². The van der Waals surface area contributed by atoms with Crippen molar-refractivity contribution < 1.29 is 0 Å². The van der Waals surface area contributed by atoms with Gasteiger partial charge in [0, 0.05) is 39.9 Å². The number of halogens is 3. The van der Waals surface area contributed by atoms with Crippen LogP contribution in [0.15, 0.2) is 54.6 Å². The van der Waals surface area contributed by atoms with Crippen LogP contribution in [0, 0.1) is 5.41 Å². The zero-order valence-electron chi connectivity index (χ0n) is 20.1. The summed E-state index contributed by atoms with van der Waals surface area (Å²) in [5.74, 6) is 0. The van der Waals surface area contributed by atoms with E-state index in [1.165, 1.54) is 7.05 Å². The molecule has 4 aromatic rings. The summed E-state index contributed by atoms with van der Waals surface area (Å²) < 4.78 is 2.24. The number of hydrogen-bond acceptors (Lipinski definition) is 3. The minimum atomic E-state index is 0.550. The Balaban J connectivity index is 0.00000116. The first kappa shape index (κ1) is 30.9. The molecule has 1 heterocycles. The van der Waals surface area contributed by atoms with Crippen LogP contribution in [-0.2, 0) is 6.54 Å². The SMILES string of the molecule is C=N.CC.CC.CN.NCCn1c2ccc(Cl)cc2c2ccc(-c3ccc(Cl)c(Cl)c3)cc21. The fourth-order valence-corrected chi connectivity index (χ4v) is 3.77. The van der Waals surface area contributed by atoms with Gasteiger partial charge in [-0.3, -0.25) is 0 Å². The van der Waals surface area contributed by atoms with Gasteiger partial charge < -0.3 is 21.4 Å². The maximum Gasteiger partial charge on any atom is 0.0598 e. The zero-order chi connectivity index (χ0) is 25.6. The third kappa shape index (κ3) is 7.46. The lowest BCUT2D eigenvalue weighted by molar-refractivity contribution is 0.758. The molecule has 0 aliphatic heterocycles. The molecule has 1 aromatic heterocycles. The standard InChI is InChI=1S/C20H15Cl3N2.2C2H6.CH5N.CH3N/c21-14-3-6-19-16(11-14)15-4-1-13(10-20(15)25(19)8-7-24)12-2-5-17(22)18(23)9-12;4*1-2/h1-6,9-11H,7-8,24H2;2*1-2H3;2H2,1H3;2H,1H2. The van der Waals surface area contributed by atoms with Crippen molar-refractivity contribution in [2.75, 3.05) is 13.6 Å². The van der Waals surface area contributed by atoms with Crippen molar-refractivity contribution >= 4 is 63.3 Å². The molecule has 180 valence electrons. The van der Waals surface area contributed by atoms with Crippen LogP contribution in [-0.4, -0.2) is 24.9 Å². The molecule has 0 radical (unpaired) electrons. The summed E-state index contributed by atoms with van der Waals surface area (Å²) in [4.78, 5) is 0. The van der Waals surface area contributed by atoms with Crippen LogP contribution in [0.25, 0.3) is 32.9 Å². The van der Waals surface area contributed by atoms with Crippen molar-refractivity contribution in [2.24, 2.45) is 11.5 Å². The maximum absolute atomic E-state index is 6.20. The molecule has 0 aliphatic rings. The number of nitrogens with one attached hydrogen (secondary N) is 1. The molecule has 7 heteroatoms. The summed E-state index contributed by atoms with van der Waals surface area (Å²) in [5.41, 5.74) is 14.7. The Kier molecular flexibility index (Phi) is 15.5. The first-order valence-corrected chi connectivity index (χ1v) is 12.0. The Bertz CT molecular complexity index is 1120. The molecule has 0 saturated carbocycles. The van der Waals surface area contributed by atoms with Gasteiger partial charge in [-0.15, -0.1) is 0 Å². The third-order valence-corrected chi connectivity index (χ3v) is 5.41. The lowest BCUT2D eigenvalue weighted by Crippen LogP contribution is -2.09. The highest BCUT2D eigenvalue weighted by Gasteiger charge is 2.12. The van der Waals surface area contributed by atoms with Gasteiger partial charge in [0.05, 0.1) is 10.0 Å². The highest BCUT2D eigenvalue weighted by molar-refractivity contribution is 6.42. The number of aromatic nitrogens is 1. The van der Waals surface area contributed by atoms with E-state index in [2.05, 4.69) is 35.2 Å². The number of rotatable bonds is 3. The van der Waals surface area contributed by atoms with Gasteiger partial charge in [-0.1, -0.05) is 80.7 Å². The highest BCUT2D eigenvalue weighted by atomic mass is 35.5. The summed E-state index contributed by atoms with van der Waals surface area (Å²) in [5, 5.41) is 9.63. The highest BCUT2D eigenvalue weighted by Crippen LogP contribution is 2.35. The molecule has 3 aromatic carbocycles. The van der Waals surface area contributed by atoms with Gasteiger partial charge in [0.25, 0.3) is 0 Å². The van der Waals surface area contributed by atoms with E-state index in [0.717, 1.165) is 44.5 Å². The predicted molar refractivity (Wildman–Crippen MR) is 152 cm³/mol. The van der Waals surface area contributed by atoms with Crippen LogP contribution in [0.3, 0.4) is 0 Å². The number of nitrogens with zero attached hydrogens (tertiary/aromatic N) is 1. The molecule has 33 heavy (non-hydrogen) atoms.